The zero-order valence-electron chi connectivity index (χ0n) is 17.8. The first-order valence-corrected chi connectivity index (χ1v) is 11.5. The van der Waals surface area contributed by atoms with E-state index in [1.165, 1.54) is 0 Å². The lowest BCUT2D eigenvalue weighted by Gasteiger charge is -2.46. The molecule has 31 heavy (non-hydrogen) atoms. The van der Waals surface area contributed by atoms with E-state index in [1.807, 2.05) is 52.9 Å². The Balaban J connectivity index is 1.95. The third kappa shape index (κ3) is 6.05. The summed E-state index contributed by atoms with van der Waals surface area (Å²) in [6.45, 7) is 5.49. The SMILES string of the molecule is CC(C)(C)OC(=O)NC1CC(I)C(=O)N(Cc2ccccc2)[C@@H]1C1CC(F)=CC=C1F. The molecule has 1 aliphatic carbocycles. The third-order valence-corrected chi connectivity index (χ3v) is 6.33. The molecule has 1 aromatic carbocycles. The summed E-state index contributed by atoms with van der Waals surface area (Å²) in [6, 6.07) is 8.02. The van der Waals surface area contributed by atoms with Gasteiger partial charge in [-0.1, -0.05) is 52.9 Å². The van der Waals surface area contributed by atoms with Crippen LogP contribution in [0.5, 0.6) is 0 Å². The van der Waals surface area contributed by atoms with Crippen molar-refractivity contribution in [2.45, 2.75) is 61.8 Å². The van der Waals surface area contributed by atoms with Crippen molar-refractivity contribution in [3.05, 3.63) is 59.7 Å². The predicted octanol–water partition coefficient (Wildman–Crippen LogP) is 5.21. The van der Waals surface area contributed by atoms with E-state index in [-0.39, 0.29) is 18.9 Å². The molecule has 1 aromatic rings. The van der Waals surface area contributed by atoms with Gasteiger partial charge in [-0.2, -0.15) is 0 Å². The number of carbonyl (C=O) groups excluding carboxylic acids is 2. The Morgan fingerprint density at radius 1 is 1.23 bits per heavy atom. The number of rotatable bonds is 4. The molecule has 5 nitrogen and oxygen atoms in total. The normalized spacial score (nSPS) is 26.8. The fourth-order valence-corrected chi connectivity index (χ4v) is 4.93. The van der Waals surface area contributed by atoms with Gasteiger partial charge >= 0.3 is 6.09 Å². The molecular formula is C23H27F2IN2O3. The minimum atomic E-state index is -0.888. The van der Waals surface area contributed by atoms with Crippen molar-refractivity contribution in [3.63, 3.8) is 0 Å². The van der Waals surface area contributed by atoms with Gasteiger partial charge in [-0.05, 0) is 44.9 Å². The highest BCUT2D eigenvalue weighted by Gasteiger charge is 2.47. The minimum Gasteiger partial charge on any atom is -0.444 e. The van der Waals surface area contributed by atoms with E-state index in [0.717, 1.165) is 17.7 Å². The average molecular weight is 544 g/mol. The van der Waals surface area contributed by atoms with Crippen molar-refractivity contribution >= 4 is 34.6 Å². The maximum absolute atomic E-state index is 14.9. The number of allylic oxidation sites excluding steroid dienone is 3. The van der Waals surface area contributed by atoms with Crippen LogP contribution in [0.25, 0.3) is 0 Å². The smallest absolute Gasteiger partial charge is 0.407 e. The highest BCUT2D eigenvalue weighted by Crippen LogP contribution is 2.38. The molecule has 8 heteroatoms. The van der Waals surface area contributed by atoms with Gasteiger partial charge in [0.05, 0.1) is 16.0 Å². The molecule has 1 fully saturated rings. The number of ether oxygens (including phenoxy) is 1. The predicted molar refractivity (Wildman–Crippen MR) is 123 cm³/mol. The Morgan fingerprint density at radius 2 is 1.90 bits per heavy atom. The van der Waals surface area contributed by atoms with Gasteiger partial charge in [-0.3, -0.25) is 4.79 Å². The number of amides is 2. The summed E-state index contributed by atoms with van der Waals surface area (Å²) in [7, 11) is 0. The second-order valence-electron chi connectivity index (χ2n) is 8.87. The number of nitrogens with one attached hydrogen (secondary N) is 1. The van der Waals surface area contributed by atoms with E-state index in [1.54, 1.807) is 25.7 Å². The van der Waals surface area contributed by atoms with E-state index < -0.39 is 45.3 Å². The van der Waals surface area contributed by atoms with Crippen LogP contribution in [0.3, 0.4) is 0 Å². The fourth-order valence-electron chi connectivity index (χ4n) is 4.02. The van der Waals surface area contributed by atoms with E-state index >= 15 is 0 Å². The van der Waals surface area contributed by atoms with Crippen molar-refractivity contribution in [2.75, 3.05) is 0 Å². The number of halogens is 3. The van der Waals surface area contributed by atoms with Crippen LogP contribution in [0.15, 0.2) is 54.1 Å². The molecule has 1 saturated heterocycles. The van der Waals surface area contributed by atoms with Gasteiger partial charge in [0.1, 0.15) is 17.3 Å². The Kier molecular flexibility index (Phi) is 7.39. The van der Waals surface area contributed by atoms with Gasteiger partial charge in [-0.15, -0.1) is 0 Å². The van der Waals surface area contributed by atoms with Crippen molar-refractivity contribution in [1.82, 2.24) is 10.2 Å². The quantitative estimate of drug-likeness (QED) is 0.419. The largest absolute Gasteiger partial charge is 0.444 e. The first-order valence-electron chi connectivity index (χ1n) is 10.2. The van der Waals surface area contributed by atoms with E-state index in [9.17, 15) is 18.4 Å². The molecule has 0 saturated carbocycles. The number of piperidine rings is 1. The first-order chi connectivity index (χ1) is 14.5. The van der Waals surface area contributed by atoms with Crippen molar-refractivity contribution < 1.29 is 23.1 Å². The monoisotopic (exact) mass is 544 g/mol. The van der Waals surface area contributed by atoms with Crippen molar-refractivity contribution in [1.29, 1.82) is 0 Å². The number of carbonyl (C=O) groups is 2. The molecular weight excluding hydrogens is 517 g/mol. The lowest BCUT2D eigenvalue weighted by Crippen LogP contribution is -2.63. The molecule has 0 radical (unpaired) electrons. The third-order valence-electron chi connectivity index (χ3n) is 5.29. The van der Waals surface area contributed by atoms with Gasteiger partial charge in [0.15, 0.2) is 0 Å². The highest BCUT2D eigenvalue weighted by molar-refractivity contribution is 14.1. The standard InChI is InChI=1S/C23H27F2IN2O3/c1-23(2,3)31-22(30)27-19-12-18(26)21(29)28(13-14-7-5-4-6-8-14)20(19)16-11-15(24)9-10-17(16)25/h4-10,16,18-20H,11-13H2,1-3H3,(H,27,30)/t16?,18?,19?,20-/m1/s1. The Bertz CT molecular complexity index is 883. The summed E-state index contributed by atoms with van der Waals surface area (Å²) in [5.74, 6) is -1.99. The van der Waals surface area contributed by atoms with Crippen LogP contribution in [0.4, 0.5) is 13.6 Å². The number of hydrogen-bond donors (Lipinski definition) is 1. The molecule has 1 heterocycles. The zero-order chi connectivity index (χ0) is 22.8. The van der Waals surface area contributed by atoms with Crippen LogP contribution < -0.4 is 5.32 Å². The molecule has 168 valence electrons. The Hall–Kier alpha value is -1.97. The summed E-state index contributed by atoms with van der Waals surface area (Å²) >= 11 is 2.04. The van der Waals surface area contributed by atoms with E-state index in [4.69, 9.17) is 4.74 Å². The molecule has 1 aliphatic heterocycles. The molecule has 3 rings (SSSR count). The van der Waals surface area contributed by atoms with Crippen LogP contribution in [0.2, 0.25) is 0 Å². The highest BCUT2D eigenvalue weighted by atomic mass is 127. The summed E-state index contributed by atoms with van der Waals surface area (Å²) in [6.07, 6.45) is 1.72. The van der Waals surface area contributed by atoms with Crippen LogP contribution in [0.1, 0.15) is 39.2 Å². The minimum absolute atomic E-state index is 0.153. The van der Waals surface area contributed by atoms with Crippen LogP contribution in [0, 0.1) is 5.92 Å². The first kappa shape index (κ1) is 23.7. The maximum Gasteiger partial charge on any atom is 0.407 e. The number of alkyl halides is 1. The number of benzene rings is 1. The molecule has 2 aliphatic rings. The molecule has 0 aromatic heterocycles. The van der Waals surface area contributed by atoms with Gasteiger partial charge in [-0.25, -0.2) is 13.6 Å². The molecule has 4 atom stereocenters. The van der Waals surface area contributed by atoms with Gasteiger partial charge in [0, 0.05) is 18.9 Å². The molecule has 2 amide bonds. The summed E-state index contributed by atoms with van der Waals surface area (Å²) in [4.78, 5) is 27.3. The molecule has 0 spiro atoms. The maximum atomic E-state index is 14.9. The average Bonchev–Trinajstić information content (AvgIpc) is 2.67. The summed E-state index contributed by atoms with van der Waals surface area (Å²) in [5.41, 5.74) is 0.168. The van der Waals surface area contributed by atoms with Crippen molar-refractivity contribution in [2.24, 2.45) is 5.92 Å². The fraction of sp³-hybridized carbons (Fsp3) is 0.478. The van der Waals surface area contributed by atoms with Gasteiger partial charge < -0.3 is 15.0 Å². The van der Waals surface area contributed by atoms with Crippen LogP contribution in [-0.2, 0) is 16.1 Å². The van der Waals surface area contributed by atoms with Crippen molar-refractivity contribution in [3.8, 4) is 0 Å². The van der Waals surface area contributed by atoms with Gasteiger partial charge in [0.25, 0.3) is 0 Å². The lowest BCUT2D eigenvalue weighted by atomic mass is 9.81. The number of nitrogens with zero attached hydrogens (tertiary/aromatic N) is 1. The summed E-state index contributed by atoms with van der Waals surface area (Å²) in [5, 5.41) is 2.83. The van der Waals surface area contributed by atoms with E-state index in [0.29, 0.717) is 6.42 Å². The van der Waals surface area contributed by atoms with E-state index in [2.05, 4.69) is 5.32 Å². The molecule has 0 bridgehead atoms. The second-order valence-corrected chi connectivity index (χ2v) is 10.4. The number of hydrogen-bond acceptors (Lipinski definition) is 3. The molecule has 3 unspecified atom stereocenters. The Labute approximate surface area is 195 Å². The lowest BCUT2D eigenvalue weighted by molar-refractivity contribution is -0.138. The number of likely N-dealkylation sites (tertiary alicyclic amines) is 1. The summed E-state index contributed by atoms with van der Waals surface area (Å²) < 4.78 is 34.0. The zero-order valence-corrected chi connectivity index (χ0v) is 19.9. The number of alkyl carbamates (subject to hydrolysis) is 1. The molecule has 1 N–H and O–H groups in total. The van der Waals surface area contributed by atoms with Crippen LogP contribution in [-0.4, -0.2) is 38.5 Å². The Morgan fingerprint density at radius 3 is 2.55 bits per heavy atom. The van der Waals surface area contributed by atoms with Crippen LogP contribution >= 0.6 is 22.6 Å². The topological polar surface area (TPSA) is 58.6 Å². The second kappa shape index (κ2) is 9.67. The van der Waals surface area contributed by atoms with Gasteiger partial charge in [0.2, 0.25) is 5.91 Å².